The van der Waals surface area contributed by atoms with Crippen LogP contribution >= 0.6 is 11.8 Å². The van der Waals surface area contributed by atoms with Gasteiger partial charge in [0.25, 0.3) is 0 Å². The molecule has 5 heteroatoms. The highest BCUT2D eigenvalue weighted by Crippen LogP contribution is 2.20. The Bertz CT molecular complexity index is 373. The maximum Gasteiger partial charge on any atom is 0.326 e. The quantitative estimate of drug-likeness (QED) is 0.606. The number of pyridine rings is 1. The van der Waals surface area contributed by atoms with E-state index < -0.39 is 5.54 Å². The summed E-state index contributed by atoms with van der Waals surface area (Å²) in [4.78, 5) is 16.1. The third-order valence-corrected chi connectivity index (χ3v) is 3.71. The predicted octanol–water partition coefficient (Wildman–Crippen LogP) is 2.10. The lowest BCUT2D eigenvalue weighted by Gasteiger charge is -2.26. The number of nitrogens with zero attached hydrogens (tertiary/aromatic N) is 1. The standard InChI is InChI=1S/C13H20N2O2S/c1-4-17-12(16)13(2,14-3)8-10-18-11-7-5-6-9-15-11/h5-7,9,14H,4,8,10H2,1-3H3. The summed E-state index contributed by atoms with van der Waals surface area (Å²) >= 11 is 1.64. The van der Waals surface area contributed by atoms with Crippen LogP contribution in [0.3, 0.4) is 0 Å². The molecule has 0 saturated heterocycles. The molecule has 0 aliphatic rings. The van der Waals surface area contributed by atoms with Crippen LogP contribution in [0.4, 0.5) is 0 Å². The van der Waals surface area contributed by atoms with E-state index in [1.165, 1.54) is 0 Å². The van der Waals surface area contributed by atoms with E-state index >= 15 is 0 Å². The summed E-state index contributed by atoms with van der Waals surface area (Å²) in [7, 11) is 1.78. The first-order valence-electron chi connectivity index (χ1n) is 6.02. The van der Waals surface area contributed by atoms with Gasteiger partial charge in [0, 0.05) is 11.9 Å². The van der Waals surface area contributed by atoms with Gasteiger partial charge in [-0.25, -0.2) is 4.98 Å². The number of rotatable bonds is 7. The van der Waals surface area contributed by atoms with Crippen LogP contribution in [0.15, 0.2) is 29.4 Å². The van der Waals surface area contributed by atoms with Crippen LogP contribution < -0.4 is 5.32 Å². The number of hydrogen-bond donors (Lipinski definition) is 1. The molecule has 1 heterocycles. The number of carbonyl (C=O) groups is 1. The Kier molecular flexibility index (Phi) is 6.15. The first kappa shape index (κ1) is 15.0. The summed E-state index contributed by atoms with van der Waals surface area (Å²) in [6, 6.07) is 5.81. The summed E-state index contributed by atoms with van der Waals surface area (Å²) in [5.41, 5.74) is -0.627. The SMILES string of the molecule is CCOC(=O)C(C)(CCSc1ccccn1)NC. The molecule has 4 nitrogen and oxygen atoms in total. The van der Waals surface area contributed by atoms with E-state index in [2.05, 4.69) is 10.3 Å². The van der Waals surface area contributed by atoms with Crippen molar-refractivity contribution in [1.82, 2.24) is 10.3 Å². The molecule has 0 saturated carbocycles. The molecule has 1 atom stereocenters. The lowest BCUT2D eigenvalue weighted by atomic mass is 10.00. The van der Waals surface area contributed by atoms with Crippen molar-refractivity contribution in [3.8, 4) is 0 Å². The van der Waals surface area contributed by atoms with E-state index in [1.807, 2.05) is 32.0 Å². The van der Waals surface area contributed by atoms with Gasteiger partial charge in [-0.15, -0.1) is 11.8 Å². The Morgan fingerprint density at radius 3 is 2.89 bits per heavy atom. The van der Waals surface area contributed by atoms with Crippen molar-refractivity contribution in [2.24, 2.45) is 0 Å². The normalized spacial score (nSPS) is 13.9. The van der Waals surface area contributed by atoms with Crippen LogP contribution in [0.2, 0.25) is 0 Å². The molecule has 1 rings (SSSR count). The molecule has 18 heavy (non-hydrogen) atoms. The van der Waals surface area contributed by atoms with E-state index in [4.69, 9.17) is 4.74 Å². The number of nitrogens with one attached hydrogen (secondary N) is 1. The number of carbonyl (C=O) groups excluding carboxylic acids is 1. The van der Waals surface area contributed by atoms with Crippen molar-refractivity contribution < 1.29 is 9.53 Å². The van der Waals surface area contributed by atoms with Gasteiger partial charge in [0.2, 0.25) is 0 Å². The van der Waals surface area contributed by atoms with Gasteiger partial charge in [0.15, 0.2) is 0 Å². The highest BCUT2D eigenvalue weighted by atomic mass is 32.2. The fraction of sp³-hybridized carbons (Fsp3) is 0.538. The second-order valence-corrected chi connectivity index (χ2v) is 5.18. The number of thioether (sulfide) groups is 1. The fourth-order valence-electron chi connectivity index (χ4n) is 1.41. The second kappa shape index (κ2) is 7.38. The van der Waals surface area contributed by atoms with Crippen molar-refractivity contribution in [1.29, 1.82) is 0 Å². The first-order valence-corrected chi connectivity index (χ1v) is 7.01. The minimum absolute atomic E-state index is 0.200. The summed E-state index contributed by atoms with van der Waals surface area (Å²) in [6.45, 7) is 4.09. The highest BCUT2D eigenvalue weighted by molar-refractivity contribution is 7.99. The van der Waals surface area contributed by atoms with Crippen LogP contribution in [-0.4, -0.2) is 35.9 Å². The molecule has 1 aromatic rings. The zero-order chi connectivity index (χ0) is 13.4. The minimum atomic E-state index is -0.627. The van der Waals surface area contributed by atoms with Crippen LogP contribution in [0.1, 0.15) is 20.3 Å². The molecule has 0 aliphatic carbocycles. The number of aromatic nitrogens is 1. The Morgan fingerprint density at radius 1 is 1.56 bits per heavy atom. The molecule has 100 valence electrons. The van der Waals surface area contributed by atoms with Crippen molar-refractivity contribution >= 4 is 17.7 Å². The molecule has 0 aliphatic heterocycles. The zero-order valence-corrected chi connectivity index (χ0v) is 11.9. The third-order valence-electron chi connectivity index (χ3n) is 2.77. The van der Waals surface area contributed by atoms with Gasteiger partial charge in [-0.1, -0.05) is 6.07 Å². The zero-order valence-electron chi connectivity index (χ0n) is 11.1. The lowest BCUT2D eigenvalue weighted by Crippen LogP contribution is -2.49. The molecule has 0 spiro atoms. The van der Waals surface area contributed by atoms with Gasteiger partial charge in [-0.2, -0.15) is 0 Å². The molecule has 0 aromatic carbocycles. The molecule has 1 aromatic heterocycles. The van der Waals surface area contributed by atoms with Crippen molar-refractivity contribution in [2.75, 3.05) is 19.4 Å². The van der Waals surface area contributed by atoms with Gasteiger partial charge in [-0.3, -0.25) is 4.79 Å². The average Bonchev–Trinajstić information content (AvgIpc) is 2.40. The van der Waals surface area contributed by atoms with Crippen molar-refractivity contribution in [3.05, 3.63) is 24.4 Å². The number of esters is 1. The molecule has 1 unspecified atom stereocenters. The van der Waals surface area contributed by atoms with E-state index in [9.17, 15) is 4.79 Å². The predicted molar refractivity (Wildman–Crippen MR) is 73.7 cm³/mol. The van der Waals surface area contributed by atoms with Gasteiger partial charge in [0.05, 0.1) is 11.6 Å². The summed E-state index contributed by atoms with van der Waals surface area (Å²) < 4.78 is 5.07. The molecule has 1 N–H and O–H groups in total. The summed E-state index contributed by atoms with van der Waals surface area (Å²) in [5.74, 6) is 0.613. The Balaban J connectivity index is 2.46. The maximum atomic E-state index is 11.8. The van der Waals surface area contributed by atoms with Gasteiger partial charge < -0.3 is 10.1 Å². The molecule has 0 bridgehead atoms. The molecular formula is C13H20N2O2S. The minimum Gasteiger partial charge on any atom is -0.465 e. The smallest absolute Gasteiger partial charge is 0.326 e. The average molecular weight is 268 g/mol. The second-order valence-electron chi connectivity index (χ2n) is 4.07. The number of ether oxygens (including phenoxy) is 1. The largest absolute Gasteiger partial charge is 0.465 e. The fourth-order valence-corrected chi connectivity index (χ4v) is 2.44. The van der Waals surface area contributed by atoms with Gasteiger partial charge in [0.1, 0.15) is 5.54 Å². The molecule has 0 fully saturated rings. The third kappa shape index (κ3) is 4.31. The van der Waals surface area contributed by atoms with Crippen molar-refractivity contribution in [3.63, 3.8) is 0 Å². The van der Waals surface area contributed by atoms with Crippen LogP contribution in [0.25, 0.3) is 0 Å². The Labute approximate surface area is 113 Å². The van der Waals surface area contributed by atoms with E-state index in [0.717, 1.165) is 10.8 Å². The summed E-state index contributed by atoms with van der Waals surface area (Å²) in [5, 5.41) is 4.01. The molecular weight excluding hydrogens is 248 g/mol. The maximum absolute atomic E-state index is 11.8. The van der Waals surface area contributed by atoms with E-state index in [0.29, 0.717) is 13.0 Å². The van der Waals surface area contributed by atoms with Gasteiger partial charge in [-0.05, 0) is 39.4 Å². The topological polar surface area (TPSA) is 51.2 Å². The number of likely N-dealkylation sites (N-methyl/N-ethyl adjacent to an activating group) is 1. The monoisotopic (exact) mass is 268 g/mol. The highest BCUT2D eigenvalue weighted by Gasteiger charge is 2.32. The van der Waals surface area contributed by atoms with Crippen LogP contribution in [0.5, 0.6) is 0 Å². The number of hydrogen-bond acceptors (Lipinski definition) is 5. The van der Waals surface area contributed by atoms with Crippen LogP contribution in [0, 0.1) is 0 Å². The van der Waals surface area contributed by atoms with Crippen LogP contribution in [-0.2, 0) is 9.53 Å². The molecule has 0 amide bonds. The Hall–Kier alpha value is -1.07. The van der Waals surface area contributed by atoms with E-state index in [-0.39, 0.29) is 5.97 Å². The first-order chi connectivity index (χ1) is 8.62. The van der Waals surface area contributed by atoms with Gasteiger partial charge >= 0.3 is 5.97 Å². The van der Waals surface area contributed by atoms with Crippen molar-refractivity contribution in [2.45, 2.75) is 30.8 Å². The summed E-state index contributed by atoms with van der Waals surface area (Å²) in [6.07, 6.45) is 2.47. The Morgan fingerprint density at radius 2 is 2.33 bits per heavy atom. The van der Waals surface area contributed by atoms with E-state index in [1.54, 1.807) is 25.0 Å². The lowest BCUT2D eigenvalue weighted by molar-refractivity contribution is -0.150. The molecule has 0 radical (unpaired) electrons.